The van der Waals surface area contributed by atoms with Crippen molar-refractivity contribution >= 4 is 40.7 Å². The Morgan fingerprint density at radius 2 is 1.79 bits per heavy atom. The van der Waals surface area contributed by atoms with E-state index in [1.165, 1.54) is 0 Å². The molecule has 8 nitrogen and oxygen atoms in total. The number of hydrogen-bond donors (Lipinski definition) is 3. The van der Waals surface area contributed by atoms with Crippen molar-refractivity contribution in [3.05, 3.63) is 94.0 Å². The van der Waals surface area contributed by atoms with Crippen molar-refractivity contribution in [3.8, 4) is 0 Å². The monoisotopic (exact) mass is 512 g/mol. The second-order valence-corrected chi connectivity index (χ2v) is 9.53. The van der Waals surface area contributed by atoms with E-state index in [9.17, 15) is 14.4 Å². The van der Waals surface area contributed by atoms with Crippen LogP contribution >= 0.6 is 0 Å². The van der Waals surface area contributed by atoms with Crippen molar-refractivity contribution < 1.29 is 19.2 Å². The Bertz CT molecular complexity index is 1400. The summed E-state index contributed by atoms with van der Waals surface area (Å²) in [6.45, 7) is 4.99. The summed E-state index contributed by atoms with van der Waals surface area (Å²) >= 11 is 0. The summed E-state index contributed by atoms with van der Waals surface area (Å²) in [5.74, 6) is -0.570. The van der Waals surface area contributed by atoms with Gasteiger partial charge in [0.25, 0.3) is 11.8 Å². The highest BCUT2D eigenvalue weighted by molar-refractivity contribution is 6.37. The number of aldehydes is 1. The standard InChI is InChI=1S/C30H32N4O4/c1-19-16-25-26(17-22(19)18-35)32-30(37)27(25)28(21-9-6-5-7-10-21)31-23-11-12-24(20(2)15-23)29(36)33-38-14-8-13-34(3)4/h5-7,9-12,15-18,31H,8,13-14H2,1-4H3,(H,32,37)(H,33,36)/b28-27-. The van der Waals surface area contributed by atoms with Gasteiger partial charge >= 0.3 is 0 Å². The zero-order chi connectivity index (χ0) is 27.2. The average molecular weight is 513 g/mol. The number of fused-ring (bicyclic) bond motifs is 1. The van der Waals surface area contributed by atoms with Gasteiger partial charge in [0.2, 0.25) is 0 Å². The predicted octanol–water partition coefficient (Wildman–Crippen LogP) is 4.66. The van der Waals surface area contributed by atoms with Crippen LogP contribution in [0, 0.1) is 13.8 Å². The Kier molecular flexibility index (Phi) is 8.35. The number of nitrogens with zero attached hydrogens (tertiary/aromatic N) is 1. The first-order chi connectivity index (χ1) is 18.3. The van der Waals surface area contributed by atoms with Gasteiger partial charge < -0.3 is 15.5 Å². The Morgan fingerprint density at radius 1 is 1.03 bits per heavy atom. The number of carbonyl (C=O) groups is 3. The smallest absolute Gasteiger partial charge is 0.275 e. The first kappa shape index (κ1) is 26.8. The van der Waals surface area contributed by atoms with Crippen LogP contribution in [0.25, 0.3) is 11.3 Å². The maximum Gasteiger partial charge on any atom is 0.275 e. The number of benzene rings is 3. The highest BCUT2D eigenvalue weighted by atomic mass is 16.6. The summed E-state index contributed by atoms with van der Waals surface area (Å²) in [5, 5.41) is 6.31. The van der Waals surface area contributed by atoms with E-state index in [4.69, 9.17) is 4.84 Å². The lowest BCUT2D eigenvalue weighted by molar-refractivity contribution is -0.110. The molecule has 0 radical (unpaired) electrons. The summed E-state index contributed by atoms with van der Waals surface area (Å²) in [7, 11) is 3.97. The highest BCUT2D eigenvalue weighted by Gasteiger charge is 2.29. The molecule has 0 saturated heterocycles. The van der Waals surface area contributed by atoms with Gasteiger partial charge in [-0.3, -0.25) is 19.2 Å². The van der Waals surface area contributed by atoms with Gasteiger partial charge in [0.15, 0.2) is 0 Å². The molecule has 0 saturated carbocycles. The molecule has 8 heteroatoms. The van der Waals surface area contributed by atoms with Crippen molar-refractivity contribution in [3.63, 3.8) is 0 Å². The summed E-state index contributed by atoms with van der Waals surface area (Å²) < 4.78 is 0. The van der Waals surface area contributed by atoms with Crippen LogP contribution in [0.3, 0.4) is 0 Å². The lowest BCUT2D eigenvalue weighted by atomic mass is 9.96. The van der Waals surface area contributed by atoms with E-state index in [1.54, 1.807) is 18.2 Å². The molecule has 3 aromatic carbocycles. The molecule has 0 unspecified atom stereocenters. The number of aryl methyl sites for hydroxylation is 2. The largest absolute Gasteiger partial charge is 0.354 e. The van der Waals surface area contributed by atoms with Crippen molar-refractivity contribution in [1.82, 2.24) is 10.4 Å². The van der Waals surface area contributed by atoms with E-state index in [0.29, 0.717) is 34.7 Å². The third-order valence-electron chi connectivity index (χ3n) is 6.35. The van der Waals surface area contributed by atoms with Crippen molar-refractivity contribution in [2.45, 2.75) is 20.3 Å². The van der Waals surface area contributed by atoms with Crippen LogP contribution in [0.4, 0.5) is 11.4 Å². The number of anilines is 2. The van der Waals surface area contributed by atoms with E-state index >= 15 is 0 Å². The van der Waals surface area contributed by atoms with Crippen LogP contribution in [0.5, 0.6) is 0 Å². The van der Waals surface area contributed by atoms with E-state index in [0.717, 1.165) is 47.2 Å². The van der Waals surface area contributed by atoms with Gasteiger partial charge in [-0.1, -0.05) is 30.3 Å². The Hall–Kier alpha value is -4.27. The normalized spacial score (nSPS) is 13.7. The van der Waals surface area contributed by atoms with Crippen LogP contribution in [-0.2, 0) is 9.63 Å². The molecule has 0 bridgehead atoms. The lowest BCUT2D eigenvalue weighted by Gasteiger charge is -2.16. The third kappa shape index (κ3) is 5.99. The molecular weight excluding hydrogens is 480 g/mol. The minimum atomic E-state index is -0.314. The molecule has 0 aromatic heterocycles. The van der Waals surface area contributed by atoms with Crippen molar-refractivity contribution in [1.29, 1.82) is 0 Å². The van der Waals surface area contributed by atoms with Gasteiger partial charge in [0.05, 0.1) is 17.9 Å². The maximum absolute atomic E-state index is 13.2. The van der Waals surface area contributed by atoms with Crippen molar-refractivity contribution in [2.24, 2.45) is 0 Å². The van der Waals surface area contributed by atoms with E-state index in [-0.39, 0.29) is 11.8 Å². The lowest BCUT2D eigenvalue weighted by Crippen LogP contribution is -2.26. The summed E-state index contributed by atoms with van der Waals surface area (Å²) in [5.41, 5.74) is 9.07. The van der Waals surface area contributed by atoms with E-state index in [2.05, 4.69) is 21.0 Å². The zero-order valence-electron chi connectivity index (χ0n) is 22.1. The topological polar surface area (TPSA) is 99.8 Å². The molecule has 0 fully saturated rings. The SMILES string of the molecule is Cc1cc2c(cc1C=O)NC(=O)/C2=C(\Nc1ccc(C(=O)NOCCCN(C)C)c(C)c1)c1ccccc1. The Balaban J connectivity index is 1.63. The average Bonchev–Trinajstić information content (AvgIpc) is 3.20. The molecule has 38 heavy (non-hydrogen) atoms. The number of hydrogen-bond acceptors (Lipinski definition) is 6. The summed E-state index contributed by atoms with van der Waals surface area (Å²) in [4.78, 5) is 44.6. The third-order valence-corrected chi connectivity index (χ3v) is 6.35. The van der Waals surface area contributed by atoms with Crippen LogP contribution in [-0.4, -0.2) is 50.2 Å². The Labute approximate surface area is 222 Å². The second-order valence-electron chi connectivity index (χ2n) is 9.53. The molecule has 0 spiro atoms. The van der Waals surface area contributed by atoms with Crippen molar-refractivity contribution in [2.75, 3.05) is 37.9 Å². The molecule has 1 aliphatic heterocycles. The summed E-state index contributed by atoms with van der Waals surface area (Å²) in [6, 6.07) is 18.5. The minimum absolute atomic E-state index is 0.257. The predicted molar refractivity (Wildman–Crippen MR) is 150 cm³/mol. The molecule has 2 amide bonds. The van der Waals surface area contributed by atoms with Gasteiger partial charge in [-0.2, -0.15) is 0 Å². The minimum Gasteiger partial charge on any atom is -0.354 e. The van der Waals surface area contributed by atoms with Crippen LogP contribution in [0.15, 0.2) is 60.7 Å². The molecule has 1 heterocycles. The number of carbonyl (C=O) groups excluding carboxylic acids is 3. The number of amides is 2. The van der Waals surface area contributed by atoms with E-state index < -0.39 is 0 Å². The van der Waals surface area contributed by atoms with Crippen LogP contribution in [0.2, 0.25) is 0 Å². The second kappa shape index (κ2) is 11.9. The van der Waals surface area contributed by atoms with Crippen LogP contribution in [0.1, 0.15) is 49.4 Å². The fourth-order valence-corrected chi connectivity index (χ4v) is 4.37. The van der Waals surface area contributed by atoms with Gasteiger partial charge in [-0.05, 0) is 87.9 Å². The molecule has 0 atom stereocenters. The van der Waals surface area contributed by atoms with Gasteiger partial charge in [-0.25, -0.2) is 5.48 Å². The first-order valence-electron chi connectivity index (χ1n) is 12.4. The molecule has 1 aliphatic rings. The van der Waals surface area contributed by atoms with Gasteiger partial charge in [0, 0.05) is 28.1 Å². The zero-order valence-corrected chi connectivity index (χ0v) is 22.1. The Morgan fingerprint density at radius 3 is 2.47 bits per heavy atom. The molecule has 4 rings (SSSR count). The van der Waals surface area contributed by atoms with Crippen LogP contribution < -0.4 is 16.1 Å². The fraction of sp³-hybridized carbons (Fsp3) is 0.233. The number of nitrogens with one attached hydrogen (secondary N) is 3. The number of hydroxylamine groups is 1. The number of rotatable bonds is 10. The quantitative estimate of drug-likeness (QED) is 0.158. The summed E-state index contributed by atoms with van der Waals surface area (Å²) in [6.07, 6.45) is 1.59. The van der Waals surface area contributed by atoms with Gasteiger partial charge in [-0.15, -0.1) is 0 Å². The van der Waals surface area contributed by atoms with Gasteiger partial charge in [0.1, 0.15) is 6.29 Å². The highest BCUT2D eigenvalue weighted by Crippen LogP contribution is 2.39. The molecule has 3 N–H and O–H groups in total. The molecule has 196 valence electrons. The fourth-order valence-electron chi connectivity index (χ4n) is 4.37. The molecule has 3 aromatic rings. The maximum atomic E-state index is 13.2. The molecular formula is C30H32N4O4. The molecule has 0 aliphatic carbocycles. The van der Waals surface area contributed by atoms with E-state index in [1.807, 2.05) is 70.4 Å². The first-order valence-corrected chi connectivity index (χ1v) is 12.4.